The molecule has 11 heteroatoms. The van der Waals surface area contributed by atoms with Gasteiger partial charge in [-0.25, -0.2) is 27.0 Å². The van der Waals surface area contributed by atoms with Crippen LogP contribution < -0.4 is 10.3 Å². The molecule has 0 spiro atoms. The zero-order chi connectivity index (χ0) is 20.8. The van der Waals surface area contributed by atoms with Crippen LogP contribution in [0.15, 0.2) is 66.4 Å². The first-order valence-electron chi connectivity index (χ1n) is 7.90. The molecule has 0 fully saturated rings. The molecule has 0 saturated carbocycles. The van der Waals surface area contributed by atoms with Gasteiger partial charge in [0.15, 0.2) is 16.8 Å². The standard InChI is InChI=1S/C18H9BrF2N2O4S2/c19-10-1-4-16-9(5-10)6-12(17(24)27-16)15-8-28-18(22-15)23-29(25,26)11-2-3-13(20)14(21)7-11/h1-8H,(H,22,23). The lowest BCUT2D eigenvalue weighted by Gasteiger charge is -2.05. The number of rotatable bonds is 4. The van der Waals surface area contributed by atoms with E-state index in [1.165, 1.54) is 5.38 Å². The van der Waals surface area contributed by atoms with Gasteiger partial charge in [0, 0.05) is 15.2 Å². The van der Waals surface area contributed by atoms with Crippen LogP contribution in [0.3, 0.4) is 0 Å². The molecule has 0 radical (unpaired) electrons. The number of benzene rings is 2. The predicted octanol–water partition coefficient (Wildman–Crippen LogP) is 4.76. The number of thiazole rings is 1. The van der Waals surface area contributed by atoms with Crippen molar-refractivity contribution in [3.63, 3.8) is 0 Å². The number of hydrogen-bond acceptors (Lipinski definition) is 6. The second-order valence-corrected chi connectivity index (χ2v) is 9.31. The highest BCUT2D eigenvalue weighted by Gasteiger charge is 2.19. The molecule has 0 aliphatic heterocycles. The van der Waals surface area contributed by atoms with Gasteiger partial charge in [0.1, 0.15) is 5.58 Å². The number of hydrogen-bond donors (Lipinski definition) is 1. The Morgan fingerprint density at radius 1 is 1.07 bits per heavy atom. The number of sulfonamides is 1. The lowest BCUT2D eigenvalue weighted by Crippen LogP contribution is -2.13. The summed E-state index contributed by atoms with van der Waals surface area (Å²) in [6, 6.07) is 8.96. The summed E-state index contributed by atoms with van der Waals surface area (Å²) in [6.07, 6.45) is 0. The van der Waals surface area contributed by atoms with Crippen LogP contribution in [0.5, 0.6) is 0 Å². The summed E-state index contributed by atoms with van der Waals surface area (Å²) in [4.78, 5) is 15.9. The average molecular weight is 499 g/mol. The topological polar surface area (TPSA) is 89.3 Å². The van der Waals surface area contributed by atoms with Crippen LogP contribution in [-0.4, -0.2) is 13.4 Å². The Bertz CT molecular complexity index is 1420. The number of aromatic nitrogens is 1. The van der Waals surface area contributed by atoms with Crippen LogP contribution in [0.1, 0.15) is 0 Å². The molecule has 2 heterocycles. The summed E-state index contributed by atoms with van der Waals surface area (Å²) in [5, 5.41) is 2.10. The summed E-state index contributed by atoms with van der Waals surface area (Å²) in [5.41, 5.74) is 0.148. The molecule has 6 nitrogen and oxygen atoms in total. The van der Waals surface area contributed by atoms with Gasteiger partial charge in [-0.1, -0.05) is 15.9 Å². The Kier molecular flexibility index (Phi) is 4.97. The van der Waals surface area contributed by atoms with Crippen molar-refractivity contribution in [3.8, 4) is 11.3 Å². The zero-order valence-corrected chi connectivity index (χ0v) is 17.4. The van der Waals surface area contributed by atoms with Gasteiger partial charge in [0.25, 0.3) is 10.0 Å². The molecule has 0 amide bonds. The van der Waals surface area contributed by atoms with E-state index in [-0.39, 0.29) is 16.4 Å². The summed E-state index contributed by atoms with van der Waals surface area (Å²) in [6.45, 7) is 0. The highest BCUT2D eigenvalue weighted by Crippen LogP contribution is 2.28. The Hall–Kier alpha value is -2.63. The fourth-order valence-corrected chi connectivity index (χ4v) is 4.89. The van der Waals surface area contributed by atoms with Gasteiger partial charge in [-0.3, -0.25) is 4.72 Å². The maximum absolute atomic E-state index is 13.3. The molecule has 2 aromatic heterocycles. The minimum absolute atomic E-state index is 0.0431. The van der Waals surface area contributed by atoms with Gasteiger partial charge in [-0.15, -0.1) is 11.3 Å². The number of halogens is 3. The minimum atomic E-state index is -4.19. The van der Waals surface area contributed by atoms with E-state index in [2.05, 4.69) is 25.6 Å². The first-order chi connectivity index (χ1) is 13.7. The van der Waals surface area contributed by atoms with Gasteiger partial charge in [-0.05, 0) is 42.5 Å². The third kappa shape index (κ3) is 3.93. The SMILES string of the molecule is O=c1oc2ccc(Br)cc2cc1-c1csc(NS(=O)(=O)c2ccc(F)c(F)c2)n1. The van der Waals surface area contributed by atoms with Crippen molar-refractivity contribution in [3.05, 3.63) is 74.4 Å². The summed E-state index contributed by atoms with van der Waals surface area (Å²) in [5.74, 6) is -2.44. The zero-order valence-electron chi connectivity index (χ0n) is 14.1. The summed E-state index contributed by atoms with van der Waals surface area (Å²) in [7, 11) is -4.19. The van der Waals surface area contributed by atoms with Crippen LogP contribution in [0.2, 0.25) is 0 Å². The van der Waals surface area contributed by atoms with Crippen molar-refractivity contribution in [2.24, 2.45) is 0 Å². The molecule has 2 aromatic carbocycles. The van der Waals surface area contributed by atoms with Gasteiger partial charge in [0.05, 0.1) is 16.2 Å². The minimum Gasteiger partial charge on any atom is -0.422 e. The second kappa shape index (κ2) is 7.32. The number of nitrogens with one attached hydrogen (secondary N) is 1. The third-order valence-electron chi connectivity index (χ3n) is 3.90. The van der Waals surface area contributed by atoms with Crippen LogP contribution >= 0.6 is 27.3 Å². The number of fused-ring (bicyclic) bond motifs is 1. The summed E-state index contributed by atoms with van der Waals surface area (Å²) >= 11 is 4.27. The predicted molar refractivity (Wildman–Crippen MR) is 108 cm³/mol. The highest BCUT2D eigenvalue weighted by atomic mass is 79.9. The van der Waals surface area contributed by atoms with Gasteiger partial charge >= 0.3 is 5.63 Å². The maximum atomic E-state index is 13.3. The van der Waals surface area contributed by atoms with E-state index in [4.69, 9.17) is 4.42 Å². The van der Waals surface area contributed by atoms with Gasteiger partial charge in [0.2, 0.25) is 0 Å². The van der Waals surface area contributed by atoms with Crippen LogP contribution in [0.4, 0.5) is 13.9 Å². The van der Waals surface area contributed by atoms with Crippen LogP contribution in [0.25, 0.3) is 22.2 Å². The quantitative estimate of drug-likeness (QED) is 0.409. The Morgan fingerprint density at radius 3 is 2.62 bits per heavy atom. The molecule has 0 atom stereocenters. The smallest absolute Gasteiger partial charge is 0.345 e. The molecular weight excluding hydrogens is 490 g/mol. The van der Waals surface area contributed by atoms with Crippen molar-refractivity contribution < 1.29 is 21.6 Å². The van der Waals surface area contributed by atoms with Crippen LogP contribution in [0, 0.1) is 11.6 Å². The van der Waals surface area contributed by atoms with E-state index in [1.807, 2.05) is 0 Å². The van der Waals surface area contributed by atoms with E-state index in [1.54, 1.807) is 24.3 Å². The molecule has 0 aliphatic rings. The average Bonchev–Trinajstić information content (AvgIpc) is 3.11. The van der Waals surface area contributed by atoms with E-state index < -0.39 is 32.2 Å². The van der Waals surface area contributed by atoms with E-state index in [9.17, 15) is 22.0 Å². The largest absolute Gasteiger partial charge is 0.422 e. The Labute approximate surface area is 175 Å². The molecule has 0 bridgehead atoms. The first-order valence-corrected chi connectivity index (χ1v) is 11.1. The molecule has 29 heavy (non-hydrogen) atoms. The van der Waals surface area contributed by atoms with Gasteiger partial charge in [-0.2, -0.15) is 0 Å². The monoisotopic (exact) mass is 498 g/mol. The molecule has 4 rings (SSSR count). The van der Waals surface area contributed by atoms with Crippen molar-refractivity contribution in [1.82, 2.24) is 4.98 Å². The molecule has 1 N–H and O–H groups in total. The van der Waals surface area contributed by atoms with E-state index in [0.717, 1.165) is 27.9 Å². The lowest BCUT2D eigenvalue weighted by atomic mass is 10.1. The lowest BCUT2D eigenvalue weighted by molar-refractivity contribution is 0.504. The molecule has 148 valence electrons. The van der Waals surface area contributed by atoms with Crippen molar-refractivity contribution >= 4 is 53.4 Å². The van der Waals surface area contributed by atoms with E-state index >= 15 is 0 Å². The normalized spacial score (nSPS) is 11.7. The molecular formula is C18H9BrF2N2O4S2. The fourth-order valence-electron chi connectivity index (χ4n) is 2.54. The third-order valence-corrected chi connectivity index (χ3v) is 6.61. The number of anilines is 1. The first kappa shape index (κ1) is 19.7. The van der Waals surface area contributed by atoms with Crippen molar-refractivity contribution in [2.75, 3.05) is 4.72 Å². The fraction of sp³-hybridized carbons (Fsp3) is 0. The molecule has 0 unspecified atom stereocenters. The van der Waals surface area contributed by atoms with E-state index in [0.29, 0.717) is 17.0 Å². The Morgan fingerprint density at radius 2 is 1.86 bits per heavy atom. The Balaban J connectivity index is 1.68. The molecule has 0 aliphatic carbocycles. The summed E-state index contributed by atoms with van der Waals surface area (Å²) < 4.78 is 59.4. The second-order valence-electron chi connectivity index (χ2n) is 5.85. The number of nitrogens with zero attached hydrogens (tertiary/aromatic N) is 1. The van der Waals surface area contributed by atoms with Crippen LogP contribution in [-0.2, 0) is 10.0 Å². The molecule has 0 saturated heterocycles. The van der Waals surface area contributed by atoms with Gasteiger partial charge < -0.3 is 4.42 Å². The maximum Gasteiger partial charge on any atom is 0.345 e. The van der Waals surface area contributed by atoms with Crippen molar-refractivity contribution in [1.29, 1.82) is 0 Å². The van der Waals surface area contributed by atoms with Crippen molar-refractivity contribution in [2.45, 2.75) is 4.90 Å². The highest BCUT2D eigenvalue weighted by molar-refractivity contribution is 9.10. The molecule has 4 aromatic rings.